The van der Waals surface area contributed by atoms with Crippen molar-refractivity contribution in [3.05, 3.63) is 45.5 Å². The molecule has 0 radical (unpaired) electrons. The Morgan fingerprint density at radius 1 is 1.32 bits per heavy atom. The molecule has 2 N–H and O–H groups in total. The minimum atomic E-state index is -1.01. The Morgan fingerprint density at radius 2 is 2.09 bits per heavy atom. The topological polar surface area (TPSA) is 79.3 Å². The molecule has 0 atom stereocenters. The highest BCUT2D eigenvalue weighted by atomic mass is 35.5. The molecular weight excluding hydrogens is 347 g/mol. The smallest absolute Gasteiger partial charge is 0.335 e. The number of halogens is 2. The molecule has 0 saturated carbocycles. The number of carboxylic acids is 1. The van der Waals surface area contributed by atoms with Gasteiger partial charge in [-0.2, -0.15) is 0 Å². The van der Waals surface area contributed by atoms with E-state index >= 15 is 0 Å². The van der Waals surface area contributed by atoms with Gasteiger partial charge in [0.05, 0.1) is 20.8 Å². The van der Waals surface area contributed by atoms with E-state index < -0.39 is 5.97 Å². The van der Waals surface area contributed by atoms with Gasteiger partial charge in [-0.3, -0.25) is 10.1 Å². The van der Waals surface area contributed by atoms with Gasteiger partial charge in [-0.25, -0.2) is 9.78 Å². The third-order valence-electron chi connectivity index (χ3n) is 3.05. The number of nitrogens with zero attached hydrogens (tertiary/aromatic N) is 1. The Bertz CT molecular complexity index is 870. The molecule has 3 rings (SSSR count). The molecule has 0 saturated heterocycles. The molecule has 112 valence electrons. The number of carboxylic acid groups (broad SMARTS) is 1. The number of nitrogens with one attached hydrogen (secondary N) is 1. The zero-order valence-corrected chi connectivity index (χ0v) is 13.2. The molecule has 1 aromatic carbocycles. The molecule has 0 bridgehead atoms. The van der Waals surface area contributed by atoms with Crippen LogP contribution in [0.1, 0.15) is 16.8 Å². The number of hydrogen-bond donors (Lipinski definition) is 2. The average Bonchev–Trinajstić information content (AvgIpc) is 3.01. The van der Waals surface area contributed by atoms with E-state index in [9.17, 15) is 9.59 Å². The van der Waals surface area contributed by atoms with Gasteiger partial charge in [-0.05, 0) is 24.3 Å². The first kappa shape index (κ1) is 15.0. The van der Waals surface area contributed by atoms with E-state index in [1.165, 1.54) is 29.5 Å². The number of aromatic carboxylic acids is 1. The molecule has 0 aliphatic heterocycles. The zero-order chi connectivity index (χ0) is 15.9. The Hall–Kier alpha value is -1.89. The standard InChI is InChI=1S/C14H8Cl2N2O3S/c15-8-3-7(4-9(8)16)12(19)18-14-17-10-2-1-6(13(20)21)5-11(10)22-14/h1-3,5H,4H2,(H,20,21)(H,17,18,19). The van der Waals surface area contributed by atoms with E-state index in [1.54, 1.807) is 6.07 Å². The van der Waals surface area contributed by atoms with Crippen LogP contribution in [0.5, 0.6) is 0 Å². The molecule has 22 heavy (non-hydrogen) atoms. The first-order chi connectivity index (χ1) is 10.4. The number of benzene rings is 1. The van der Waals surface area contributed by atoms with Crippen LogP contribution < -0.4 is 5.32 Å². The number of thiazole rings is 1. The van der Waals surface area contributed by atoms with Crippen molar-refractivity contribution in [1.82, 2.24) is 4.98 Å². The van der Waals surface area contributed by atoms with Crippen LogP contribution in [0, 0.1) is 0 Å². The lowest BCUT2D eigenvalue weighted by molar-refractivity contribution is -0.112. The maximum Gasteiger partial charge on any atom is 0.335 e. The fraction of sp³-hybridized carbons (Fsp3) is 0.0714. The van der Waals surface area contributed by atoms with Crippen LogP contribution in [0.3, 0.4) is 0 Å². The molecule has 1 aromatic heterocycles. The summed E-state index contributed by atoms with van der Waals surface area (Å²) in [5.41, 5.74) is 1.26. The summed E-state index contributed by atoms with van der Waals surface area (Å²) in [5.74, 6) is -1.33. The third-order valence-corrected chi connectivity index (χ3v) is 4.76. The number of hydrogen-bond acceptors (Lipinski definition) is 4. The van der Waals surface area contributed by atoms with Crippen LogP contribution in [-0.4, -0.2) is 22.0 Å². The van der Waals surface area contributed by atoms with E-state index in [0.717, 1.165) is 0 Å². The molecule has 1 heterocycles. The fourth-order valence-electron chi connectivity index (χ4n) is 1.97. The second kappa shape index (κ2) is 5.72. The van der Waals surface area contributed by atoms with Gasteiger partial charge in [0.15, 0.2) is 5.13 Å². The lowest BCUT2D eigenvalue weighted by Crippen LogP contribution is -2.13. The second-order valence-corrected chi connectivity index (χ2v) is 6.45. The van der Waals surface area contributed by atoms with Crippen LogP contribution in [0.2, 0.25) is 0 Å². The van der Waals surface area contributed by atoms with Crippen molar-refractivity contribution in [3.63, 3.8) is 0 Å². The fourth-order valence-corrected chi connectivity index (χ4v) is 3.27. The Kier molecular flexibility index (Phi) is 3.90. The normalized spacial score (nSPS) is 14.4. The van der Waals surface area contributed by atoms with E-state index in [-0.39, 0.29) is 11.5 Å². The first-order valence-corrected chi connectivity index (χ1v) is 7.71. The number of anilines is 1. The van der Waals surface area contributed by atoms with Crippen LogP contribution >= 0.6 is 34.5 Å². The predicted molar refractivity (Wildman–Crippen MR) is 86.6 cm³/mol. The SMILES string of the molecule is O=C(Nc1nc2ccc(C(=O)O)cc2s1)C1=CC(Cl)=C(Cl)C1. The maximum atomic E-state index is 12.1. The summed E-state index contributed by atoms with van der Waals surface area (Å²) >= 11 is 12.9. The largest absolute Gasteiger partial charge is 0.478 e. The summed E-state index contributed by atoms with van der Waals surface area (Å²) in [6, 6.07) is 4.60. The van der Waals surface area contributed by atoms with Gasteiger partial charge in [-0.15, -0.1) is 0 Å². The van der Waals surface area contributed by atoms with Gasteiger partial charge in [0.25, 0.3) is 5.91 Å². The van der Waals surface area contributed by atoms with E-state index in [4.69, 9.17) is 28.3 Å². The molecule has 8 heteroatoms. The summed E-state index contributed by atoms with van der Waals surface area (Å²) in [6.07, 6.45) is 1.81. The number of rotatable bonds is 3. The Morgan fingerprint density at radius 3 is 2.73 bits per heavy atom. The number of fused-ring (bicyclic) bond motifs is 1. The number of carbonyl (C=O) groups excluding carboxylic acids is 1. The van der Waals surface area contributed by atoms with Crippen LogP contribution in [-0.2, 0) is 4.79 Å². The summed E-state index contributed by atoms with van der Waals surface area (Å²) in [6.45, 7) is 0. The highest BCUT2D eigenvalue weighted by molar-refractivity contribution is 7.22. The molecule has 0 unspecified atom stereocenters. The summed E-state index contributed by atoms with van der Waals surface area (Å²) in [7, 11) is 0. The van der Waals surface area contributed by atoms with Gasteiger partial charge in [0.2, 0.25) is 0 Å². The highest BCUT2D eigenvalue weighted by Gasteiger charge is 2.20. The van der Waals surface area contributed by atoms with Gasteiger partial charge in [0.1, 0.15) is 0 Å². The van der Waals surface area contributed by atoms with Gasteiger partial charge < -0.3 is 5.11 Å². The average molecular weight is 355 g/mol. The monoisotopic (exact) mass is 354 g/mol. The molecule has 1 amide bonds. The summed E-state index contributed by atoms with van der Waals surface area (Å²) in [4.78, 5) is 27.3. The maximum absolute atomic E-state index is 12.1. The first-order valence-electron chi connectivity index (χ1n) is 6.14. The summed E-state index contributed by atoms with van der Waals surface area (Å²) in [5, 5.41) is 12.8. The van der Waals surface area contributed by atoms with Gasteiger partial charge >= 0.3 is 5.97 Å². The zero-order valence-electron chi connectivity index (χ0n) is 10.9. The molecular formula is C14H8Cl2N2O3S. The van der Waals surface area contributed by atoms with Crippen molar-refractivity contribution in [2.24, 2.45) is 0 Å². The number of allylic oxidation sites excluding steroid dienone is 3. The quantitative estimate of drug-likeness (QED) is 0.874. The van der Waals surface area contributed by atoms with Gasteiger partial charge in [-0.1, -0.05) is 34.5 Å². The minimum absolute atomic E-state index is 0.176. The van der Waals surface area contributed by atoms with Crippen LogP contribution in [0.25, 0.3) is 10.2 Å². The molecule has 0 spiro atoms. The minimum Gasteiger partial charge on any atom is -0.478 e. The molecule has 1 aliphatic carbocycles. The molecule has 1 aliphatic rings. The van der Waals surface area contributed by atoms with E-state index in [1.807, 2.05) is 0 Å². The molecule has 2 aromatic rings. The van der Waals surface area contributed by atoms with Crippen molar-refractivity contribution in [3.8, 4) is 0 Å². The van der Waals surface area contributed by atoms with Crippen molar-refractivity contribution >= 4 is 61.8 Å². The number of aromatic nitrogens is 1. The van der Waals surface area contributed by atoms with E-state index in [0.29, 0.717) is 37.4 Å². The lowest BCUT2D eigenvalue weighted by atomic mass is 10.2. The predicted octanol–water partition coefficient (Wildman–Crippen LogP) is 3.95. The Labute approximate surface area is 138 Å². The van der Waals surface area contributed by atoms with E-state index in [2.05, 4.69) is 10.3 Å². The summed E-state index contributed by atoms with van der Waals surface area (Å²) < 4.78 is 0.685. The van der Waals surface area contributed by atoms with Crippen molar-refractivity contribution in [2.45, 2.75) is 6.42 Å². The molecule has 0 fully saturated rings. The van der Waals surface area contributed by atoms with Crippen LogP contribution in [0.4, 0.5) is 5.13 Å². The number of amides is 1. The van der Waals surface area contributed by atoms with Crippen molar-refractivity contribution in [1.29, 1.82) is 0 Å². The van der Waals surface area contributed by atoms with Crippen molar-refractivity contribution in [2.75, 3.05) is 5.32 Å². The van der Waals surface area contributed by atoms with Crippen molar-refractivity contribution < 1.29 is 14.7 Å². The number of carbonyl (C=O) groups is 2. The Balaban J connectivity index is 1.81. The molecule has 5 nitrogen and oxygen atoms in total. The highest BCUT2D eigenvalue weighted by Crippen LogP contribution is 2.32. The lowest BCUT2D eigenvalue weighted by Gasteiger charge is -2.01. The van der Waals surface area contributed by atoms with Gasteiger partial charge in [0, 0.05) is 17.0 Å². The van der Waals surface area contributed by atoms with Crippen LogP contribution in [0.15, 0.2) is 39.9 Å². The third kappa shape index (κ3) is 2.85. The second-order valence-electron chi connectivity index (χ2n) is 4.56.